The maximum atomic E-state index is 13.5. The van der Waals surface area contributed by atoms with E-state index >= 15 is 0 Å². The summed E-state index contributed by atoms with van der Waals surface area (Å²) in [5.74, 6) is 0.462. The summed E-state index contributed by atoms with van der Waals surface area (Å²) in [5, 5.41) is 20.7. The zero-order valence-electron chi connectivity index (χ0n) is 23.3. The summed E-state index contributed by atoms with van der Waals surface area (Å²) in [4.78, 5) is 28.3. The quantitative estimate of drug-likeness (QED) is 0.203. The van der Waals surface area contributed by atoms with Crippen molar-refractivity contribution in [3.8, 4) is 17.2 Å². The molecule has 40 heavy (non-hydrogen) atoms. The highest BCUT2D eigenvalue weighted by Crippen LogP contribution is 2.45. The SMILES string of the molecule is CCOc1cc(C2/C(=C(/O)c3ccc4c(c3)CC(C)O4)C(=O)C(=O)N2c2nnc(C)s2)ccc1OCCC(C)C. The molecule has 3 heterocycles. The van der Waals surface area contributed by atoms with E-state index in [-0.39, 0.29) is 22.6 Å². The summed E-state index contributed by atoms with van der Waals surface area (Å²) in [7, 11) is 0. The fourth-order valence-corrected chi connectivity index (χ4v) is 5.65. The summed E-state index contributed by atoms with van der Waals surface area (Å²) >= 11 is 1.20. The molecular weight excluding hydrogens is 530 g/mol. The minimum atomic E-state index is -0.945. The number of ether oxygens (including phenoxy) is 3. The van der Waals surface area contributed by atoms with E-state index < -0.39 is 17.7 Å². The number of hydrogen-bond donors (Lipinski definition) is 1. The lowest BCUT2D eigenvalue weighted by Crippen LogP contribution is -2.29. The van der Waals surface area contributed by atoms with Gasteiger partial charge in [-0.1, -0.05) is 31.3 Å². The van der Waals surface area contributed by atoms with Crippen molar-refractivity contribution in [1.82, 2.24) is 10.2 Å². The minimum Gasteiger partial charge on any atom is -0.507 e. The van der Waals surface area contributed by atoms with Gasteiger partial charge in [0.05, 0.1) is 24.8 Å². The van der Waals surface area contributed by atoms with Crippen LogP contribution in [-0.2, 0) is 16.0 Å². The number of carbonyl (C=O) groups excluding carboxylic acids is 2. The molecular formula is C30H33N3O6S. The van der Waals surface area contributed by atoms with Crippen LogP contribution in [0.5, 0.6) is 17.2 Å². The van der Waals surface area contributed by atoms with Crippen LogP contribution in [-0.4, -0.2) is 46.3 Å². The highest BCUT2D eigenvalue weighted by Gasteiger charge is 2.48. The van der Waals surface area contributed by atoms with E-state index in [1.807, 2.05) is 19.9 Å². The number of benzene rings is 2. The first kappa shape index (κ1) is 27.6. The number of amides is 1. The fourth-order valence-electron chi connectivity index (χ4n) is 4.94. The molecule has 1 fully saturated rings. The zero-order chi connectivity index (χ0) is 28.6. The van der Waals surface area contributed by atoms with E-state index in [4.69, 9.17) is 14.2 Å². The molecule has 0 aliphatic carbocycles. The van der Waals surface area contributed by atoms with Gasteiger partial charge in [-0.3, -0.25) is 14.5 Å². The lowest BCUT2D eigenvalue weighted by molar-refractivity contribution is -0.132. The number of nitrogens with zero attached hydrogens (tertiary/aromatic N) is 3. The van der Waals surface area contributed by atoms with Crippen LogP contribution in [0.25, 0.3) is 5.76 Å². The number of carbonyl (C=O) groups is 2. The number of rotatable bonds is 9. The number of anilines is 1. The van der Waals surface area contributed by atoms with Gasteiger partial charge in [0.2, 0.25) is 5.13 Å². The minimum absolute atomic E-state index is 0.0249. The smallest absolute Gasteiger partial charge is 0.301 e. The summed E-state index contributed by atoms with van der Waals surface area (Å²) in [5.41, 5.74) is 1.92. The second kappa shape index (κ2) is 11.3. The Morgan fingerprint density at radius 3 is 2.65 bits per heavy atom. The van der Waals surface area contributed by atoms with Gasteiger partial charge in [0, 0.05) is 12.0 Å². The number of aliphatic hydroxyl groups excluding tert-OH is 1. The molecule has 2 aliphatic rings. The lowest BCUT2D eigenvalue weighted by Gasteiger charge is -2.24. The largest absolute Gasteiger partial charge is 0.507 e. The first-order valence-corrected chi connectivity index (χ1v) is 14.3. The number of hydrogen-bond acceptors (Lipinski definition) is 9. The third-order valence-corrected chi connectivity index (χ3v) is 7.71. The predicted molar refractivity (Wildman–Crippen MR) is 152 cm³/mol. The van der Waals surface area contributed by atoms with Crippen LogP contribution >= 0.6 is 11.3 Å². The molecule has 2 aromatic carbocycles. The van der Waals surface area contributed by atoms with Crippen LogP contribution in [0.2, 0.25) is 0 Å². The van der Waals surface area contributed by atoms with Crippen molar-refractivity contribution in [1.29, 1.82) is 0 Å². The van der Waals surface area contributed by atoms with Gasteiger partial charge in [0.25, 0.3) is 5.78 Å². The summed E-state index contributed by atoms with van der Waals surface area (Å²) in [6, 6.07) is 9.67. The Hall–Kier alpha value is -3.92. The number of fused-ring (bicyclic) bond motifs is 1. The topological polar surface area (TPSA) is 111 Å². The number of aromatic nitrogens is 2. The molecule has 1 N–H and O–H groups in total. The van der Waals surface area contributed by atoms with Crippen molar-refractivity contribution in [3.63, 3.8) is 0 Å². The highest BCUT2D eigenvalue weighted by atomic mass is 32.1. The Morgan fingerprint density at radius 2 is 1.95 bits per heavy atom. The van der Waals surface area contributed by atoms with Crippen molar-refractivity contribution < 1.29 is 28.9 Å². The molecule has 0 spiro atoms. The van der Waals surface area contributed by atoms with Crippen molar-refractivity contribution in [2.75, 3.05) is 18.1 Å². The molecule has 1 saturated heterocycles. The van der Waals surface area contributed by atoms with E-state index in [0.717, 1.165) is 17.7 Å². The van der Waals surface area contributed by atoms with Gasteiger partial charge >= 0.3 is 5.91 Å². The van der Waals surface area contributed by atoms with E-state index in [1.54, 1.807) is 37.3 Å². The maximum Gasteiger partial charge on any atom is 0.301 e. The average molecular weight is 564 g/mol. The van der Waals surface area contributed by atoms with Gasteiger partial charge in [-0.2, -0.15) is 0 Å². The van der Waals surface area contributed by atoms with Gasteiger partial charge in [0.15, 0.2) is 11.5 Å². The van der Waals surface area contributed by atoms with Crippen LogP contribution in [0.4, 0.5) is 5.13 Å². The molecule has 2 atom stereocenters. The van der Waals surface area contributed by atoms with E-state index in [0.29, 0.717) is 53.2 Å². The predicted octanol–water partition coefficient (Wildman–Crippen LogP) is 5.62. The Morgan fingerprint density at radius 1 is 1.15 bits per heavy atom. The molecule has 2 unspecified atom stereocenters. The number of aliphatic hydroxyl groups is 1. The maximum absolute atomic E-state index is 13.5. The molecule has 9 nitrogen and oxygen atoms in total. The van der Waals surface area contributed by atoms with Gasteiger partial charge in [-0.05, 0) is 74.6 Å². The van der Waals surface area contributed by atoms with Gasteiger partial charge in [-0.25, -0.2) is 0 Å². The Labute approximate surface area is 237 Å². The number of Topliss-reactive ketones (excluding diaryl/α,β-unsaturated/α-hetero) is 1. The molecule has 0 radical (unpaired) electrons. The Kier molecular flexibility index (Phi) is 7.80. The lowest BCUT2D eigenvalue weighted by atomic mass is 9.94. The number of ketones is 1. The first-order chi connectivity index (χ1) is 19.2. The van der Waals surface area contributed by atoms with Crippen LogP contribution < -0.4 is 19.1 Å². The van der Waals surface area contributed by atoms with Crippen molar-refractivity contribution in [2.45, 2.75) is 59.6 Å². The van der Waals surface area contributed by atoms with E-state index in [9.17, 15) is 14.7 Å². The van der Waals surface area contributed by atoms with E-state index in [2.05, 4.69) is 24.0 Å². The molecule has 0 saturated carbocycles. The summed E-state index contributed by atoms with van der Waals surface area (Å²) in [6.07, 6.45) is 1.60. The average Bonchev–Trinajstić information content (AvgIpc) is 3.58. The zero-order valence-corrected chi connectivity index (χ0v) is 24.1. The van der Waals surface area contributed by atoms with Gasteiger partial charge < -0.3 is 19.3 Å². The Bertz CT molecular complexity index is 1480. The van der Waals surface area contributed by atoms with Crippen LogP contribution in [0, 0.1) is 12.8 Å². The monoisotopic (exact) mass is 563 g/mol. The molecule has 1 aromatic heterocycles. The van der Waals surface area contributed by atoms with Gasteiger partial charge in [-0.15, -0.1) is 10.2 Å². The molecule has 210 valence electrons. The van der Waals surface area contributed by atoms with Crippen LogP contribution in [0.15, 0.2) is 42.0 Å². The highest BCUT2D eigenvalue weighted by molar-refractivity contribution is 7.15. The van der Waals surface area contributed by atoms with Crippen molar-refractivity contribution in [2.24, 2.45) is 5.92 Å². The van der Waals surface area contributed by atoms with Gasteiger partial charge in [0.1, 0.15) is 22.6 Å². The Balaban J connectivity index is 1.63. The molecule has 3 aromatic rings. The molecule has 2 aliphatic heterocycles. The van der Waals surface area contributed by atoms with E-state index in [1.165, 1.54) is 16.2 Å². The second-order valence-corrected chi connectivity index (χ2v) is 11.6. The van der Waals surface area contributed by atoms with Crippen molar-refractivity contribution >= 4 is 33.9 Å². The van der Waals surface area contributed by atoms with Crippen LogP contribution in [0.3, 0.4) is 0 Å². The summed E-state index contributed by atoms with van der Waals surface area (Å²) in [6.45, 7) is 10.8. The third-order valence-electron chi connectivity index (χ3n) is 6.87. The second-order valence-electron chi connectivity index (χ2n) is 10.4. The number of aryl methyl sites for hydroxylation is 1. The van der Waals surface area contributed by atoms with Crippen molar-refractivity contribution in [3.05, 3.63) is 63.7 Å². The molecule has 5 rings (SSSR count). The molecule has 1 amide bonds. The summed E-state index contributed by atoms with van der Waals surface area (Å²) < 4.78 is 17.7. The third kappa shape index (κ3) is 5.28. The molecule has 0 bridgehead atoms. The molecule has 10 heteroatoms. The standard InChI is InChI=1S/C30H33N3O6S/c1-6-37-24-15-19(7-10-23(24)38-12-11-16(2)3)26-25(28(35)29(36)33(26)30-32-31-18(5)40-30)27(34)20-8-9-22-21(14-20)13-17(4)39-22/h7-10,14-17,26,34H,6,11-13H2,1-5H3/b27-25-. The normalized spacial score (nSPS) is 19.7. The first-order valence-electron chi connectivity index (χ1n) is 13.5. The fraction of sp³-hybridized carbons (Fsp3) is 0.400. The van der Waals surface area contributed by atoms with Crippen LogP contribution in [0.1, 0.15) is 61.9 Å².